The van der Waals surface area contributed by atoms with Crippen LogP contribution in [0.4, 0.5) is 0 Å². The smallest absolute Gasteiger partial charge is 0.0700 e. The largest absolute Gasteiger partial charge is 0.382 e. The number of halogens is 1. The lowest BCUT2D eigenvalue weighted by Crippen LogP contribution is -2.29. The number of hydrogen-bond donors (Lipinski definition) is 1. The van der Waals surface area contributed by atoms with Crippen LogP contribution in [0.25, 0.3) is 0 Å². The van der Waals surface area contributed by atoms with Gasteiger partial charge in [0.2, 0.25) is 0 Å². The van der Waals surface area contributed by atoms with E-state index in [0.29, 0.717) is 19.3 Å². The molecule has 0 radical (unpaired) electrons. The molecule has 0 aliphatic rings. The molecule has 1 unspecified atom stereocenters. The summed E-state index contributed by atoms with van der Waals surface area (Å²) in [6.45, 7) is 2.10. The van der Waals surface area contributed by atoms with Gasteiger partial charge in [0.1, 0.15) is 0 Å². The first-order chi connectivity index (χ1) is 8.76. The van der Waals surface area contributed by atoms with Crippen LogP contribution < -0.4 is 5.32 Å². The van der Waals surface area contributed by atoms with Gasteiger partial charge in [-0.3, -0.25) is 0 Å². The summed E-state index contributed by atoms with van der Waals surface area (Å²) in [6, 6.07) is 8.88. The molecule has 0 heterocycles. The Morgan fingerprint density at radius 2 is 2.11 bits per heavy atom. The first-order valence-corrected chi connectivity index (χ1v) is 7.04. The molecule has 1 atom stereocenters. The number of methoxy groups -OCH3 is 1. The highest BCUT2D eigenvalue weighted by Crippen LogP contribution is 2.13. The highest BCUT2D eigenvalue weighted by molar-refractivity contribution is 9.10. The Balaban J connectivity index is 2.28. The zero-order valence-electron chi connectivity index (χ0n) is 11.1. The maximum Gasteiger partial charge on any atom is 0.0700 e. The predicted octanol–water partition coefficient (Wildman–Crippen LogP) is 2.63. The van der Waals surface area contributed by atoms with Crippen LogP contribution >= 0.6 is 15.9 Å². The summed E-state index contributed by atoms with van der Waals surface area (Å²) in [5.41, 5.74) is 1.33. The van der Waals surface area contributed by atoms with Crippen molar-refractivity contribution in [2.45, 2.75) is 18.9 Å². The highest BCUT2D eigenvalue weighted by atomic mass is 79.9. The zero-order valence-corrected chi connectivity index (χ0v) is 12.7. The monoisotopic (exact) mass is 315 g/mol. The Hall–Kier alpha value is -0.420. The maximum atomic E-state index is 5.49. The second kappa shape index (κ2) is 9.50. The van der Waals surface area contributed by atoms with Crippen molar-refractivity contribution >= 4 is 15.9 Å². The van der Waals surface area contributed by atoms with E-state index in [2.05, 4.69) is 39.4 Å². The Bertz CT molecular complexity index is 333. The van der Waals surface area contributed by atoms with E-state index in [1.807, 2.05) is 13.1 Å². The van der Waals surface area contributed by atoms with Crippen molar-refractivity contribution in [2.75, 3.05) is 34.0 Å². The second-order valence-corrected chi connectivity index (χ2v) is 5.13. The number of hydrogen-bond acceptors (Lipinski definition) is 3. The van der Waals surface area contributed by atoms with Crippen LogP contribution in [0.2, 0.25) is 0 Å². The molecular weight excluding hydrogens is 294 g/mol. The summed E-state index contributed by atoms with van der Waals surface area (Å²) < 4.78 is 11.6. The standard InChI is InChI=1S/C14H22BrNO2/c1-16-14(6-7-18-9-8-17-2)11-12-4-3-5-13(15)10-12/h3-5,10,14,16H,6-9,11H2,1-2H3. The minimum absolute atomic E-state index is 0.446. The Labute approximate surface area is 118 Å². The van der Waals surface area contributed by atoms with E-state index < -0.39 is 0 Å². The number of nitrogens with one attached hydrogen (secondary N) is 1. The lowest BCUT2D eigenvalue weighted by molar-refractivity contribution is 0.0661. The van der Waals surface area contributed by atoms with Gasteiger partial charge in [0.25, 0.3) is 0 Å². The van der Waals surface area contributed by atoms with E-state index >= 15 is 0 Å². The second-order valence-electron chi connectivity index (χ2n) is 4.21. The third-order valence-corrected chi connectivity index (χ3v) is 3.32. The Morgan fingerprint density at radius 1 is 1.28 bits per heavy atom. The van der Waals surface area contributed by atoms with Crippen LogP contribution in [0.15, 0.2) is 28.7 Å². The summed E-state index contributed by atoms with van der Waals surface area (Å²) in [7, 11) is 3.69. The first-order valence-electron chi connectivity index (χ1n) is 6.24. The van der Waals surface area contributed by atoms with Gasteiger partial charge in [-0.1, -0.05) is 28.1 Å². The van der Waals surface area contributed by atoms with E-state index in [4.69, 9.17) is 9.47 Å². The van der Waals surface area contributed by atoms with Gasteiger partial charge in [-0.05, 0) is 37.6 Å². The molecule has 0 fully saturated rings. The van der Waals surface area contributed by atoms with Crippen LogP contribution in [0.3, 0.4) is 0 Å². The van der Waals surface area contributed by atoms with Crippen molar-refractivity contribution in [1.29, 1.82) is 0 Å². The quantitative estimate of drug-likeness (QED) is 0.711. The predicted molar refractivity (Wildman–Crippen MR) is 78.0 cm³/mol. The van der Waals surface area contributed by atoms with Crippen molar-refractivity contribution in [1.82, 2.24) is 5.32 Å². The Morgan fingerprint density at radius 3 is 2.78 bits per heavy atom. The molecule has 4 heteroatoms. The topological polar surface area (TPSA) is 30.5 Å². The molecule has 0 spiro atoms. The molecule has 0 saturated heterocycles. The summed E-state index contributed by atoms with van der Waals surface area (Å²) in [4.78, 5) is 0. The zero-order chi connectivity index (χ0) is 13.2. The molecule has 0 aromatic heterocycles. The molecule has 1 aromatic rings. The number of ether oxygens (including phenoxy) is 2. The lowest BCUT2D eigenvalue weighted by Gasteiger charge is -2.16. The van der Waals surface area contributed by atoms with Crippen LogP contribution in [0.5, 0.6) is 0 Å². The van der Waals surface area contributed by atoms with Crippen LogP contribution in [-0.2, 0) is 15.9 Å². The van der Waals surface area contributed by atoms with Crippen molar-refractivity contribution in [3.63, 3.8) is 0 Å². The molecule has 102 valence electrons. The van der Waals surface area contributed by atoms with Gasteiger partial charge < -0.3 is 14.8 Å². The summed E-state index contributed by atoms with van der Waals surface area (Å²) in [5.74, 6) is 0. The van der Waals surface area contributed by atoms with Gasteiger partial charge in [0, 0.05) is 24.2 Å². The van der Waals surface area contributed by atoms with Gasteiger partial charge in [0.05, 0.1) is 13.2 Å². The molecule has 3 nitrogen and oxygen atoms in total. The van der Waals surface area contributed by atoms with Gasteiger partial charge in [0.15, 0.2) is 0 Å². The van der Waals surface area contributed by atoms with Crippen LogP contribution in [-0.4, -0.2) is 40.0 Å². The molecule has 1 aromatic carbocycles. The van der Waals surface area contributed by atoms with Gasteiger partial charge in [-0.25, -0.2) is 0 Å². The molecule has 0 aliphatic heterocycles. The van der Waals surface area contributed by atoms with Crippen molar-refractivity contribution in [3.8, 4) is 0 Å². The molecule has 1 rings (SSSR count). The van der Waals surface area contributed by atoms with Gasteiger partial charge in [-0.15, -0.1) is 0 Å². The number of benzene rings is 1. The Kier molecular flexibility index (Phi) is 8.25. The summed E-state index contributed by atoms with van der Waals surface area (Å²) in [5, 5.41) is 3.33. The fraction of sp³-hybridized carbons (Fsp3) is 0.571. The molecule has 0 bridgehead atoms. The minimum atomic E-state index is 0.446. The summed E-state index contributed by atoms with van der Waals surface area (Å²) in [6.07, 6.45) is 2.02. The van der Waals surface area contributed by atoms with Crippen molar-refractivity contribution in [3.05, 3.63) is 34.3 Å². The van der Waals surface area contributed by atoms with E-state index in [0.717, 1.165) is 23.9 Å². The fourth-order valence-corrected chi connectivity index (χ4v) is 2.21. The molecular formula is C14H22BrNO2. The molecule has 18 heavy (non-hydrogen) atoms. The third-order valence-electron chi connectivity index (χ3n) is 2.82. The van der Waals surface area contributed by atoms with Crippen molar-refractivity contribution < 1.29 is 9.47 Å². The van der Waals surface area contributed by atoms with Crippen molar-refractivity contribution in [2.24, 2.45) is 0 Å². The van der Waals surface area contributed by atoms with Crippen LogP contribution in [0, 0.1) is 0 Å². The highest BCUT2D eigenvalue weighted by Gasteiger charge is 2.07. The van der Waals surface area contributed by atoms with E-state index in [1.54, 1.807) is 7.11 Å². The minimum Gasteiger partial charge on any atom is -0.382 e. The van der Waals surface area contributed by atoms with Gasteiger partial charge >= 0.3 is 0 Å². The third kappa shape index (κ3) is 6.50. The first kappa shape index (κ1) is 15.6. The van der Waals surface area contributed by atoms with Gasteiger partial charge in [-0.2, -0.15) is 0 Å². The molecule has 0 aliphatic carbocycles. The molecule has 0 amide bonds. The summed E-state index contributed by atoms with van der Waals surface area (Å²) >= 11 is 3.50. The molecule has 1 N–H and O–H groups in total. The SMILES string of the molecule is CNC(CCOCCOC)Cc1cccc(Br)c1. The molecule has 0 saturated carbocycles. The van der Waals surface area contributed by atoms with E-state index in [9.17, 15) is 0 Å². The van der Waals surface area contributed by atoms with Crippen LogP contribution in [0.1, 0.15) is 12.0 Å². The van der Waals surface area contributed by atoms with E-state index in [-0.39, 0.29) is 0 Å². The normalized spacial score (nSPS) is 12.6. The maximum absolute atomic E-state index is 5.49. The average Bonchev–Trinajstić information content (AvgIpc) is 2.37. The number of rotatable bonds is 9. The fourth-order valence-electron chi connectivity index (χ4n) is 1.77. The average molecular weight is 316 g/mol. The number of likely N-dealkylation sites (N-methyl/N-ethyl adjacent to an activating group) is 1. The van der Waals surface area contributed by atoms with E-state index in [1.165, 1.54) is 5.56 Å². The lowest BCUT2D eigenvalue weighted by atomic mass is 10.0.